The standard InChI is InChI=1S/C7H16N/c1-4-5-6-7-8(2)3/h2,4-7H2,1,3H3/q+1. The number of nitrogens with zero attached hydrogens (tertiary/aromatic N) is 1. The Morgan fingerprint density at radius 2 is 2.00 bits per heavy atom. The van der Waals surface area contributed by atoms with Gasteiger partial charge in [0, 0.05) is 6.42 Å². The average molecular weight is 114 g/mol. The fraction of sp³-hybridized carbons (Fsp3) is 0.857. The van der Waals surface area contributed by atoms with Crippen molar-refractivity contribution in [3.05, 3.63) is 0 Å². The predicted molar refractivity (Wildman–Crippen MR) is 37.7 cm³/mol. The molecule has 0 bridgehead atoms. The highest BCUT2D eigenvalue weighted by Crippen LogP contribution is 1.91. The zero-order valence-corrected chi connectivity index (χ0v) is 5.98. The molecule has 0 aromatic carbocycles. The van der Waals surface area contributed by atoms with Gasteiger partial charge in [0.15, 0.2) is 0 Å². The first-order chi connectivity index (χ1) is 3.77. The van der Waals surface area contributed by atoms with E-state index in [1.165, 1.54) is 19.3 Å². The molecule has 8 heavy (non-hydrogen) atoms. The van der Waals surface area contributed by atoms with Gasteiger partial charge in [0.1, 0.15) is 20.3 Å². The number of hydrogen-bond donors (Lipinski definition) is 0. The van der Waals surface area contributed by atoms with E-state index in [0.29, 0.717) is 0 Å². The van der Waals surface area contributed by atoms with E-state index in [4.69, 9.17) is 0 Å². The van der Waals surface area contributed by atoms with Crippen LogP contribution in [0.15, 0.2) is 0 Å². The molecule has 0 radical (unpaired) electrons. The fourth-order valence-electron chi connectivity index (χ4n) is 0.632. The lowest BCUT2D eigenvalue weighted by molar-refractivity contribution is -0.488. The molecule has 1 heteroatoms. The molecule has 0 aliphatic rings. The first-order valence-corrected chi connectivity index (χ1v) is 3.29. The zero-order valence-electron chi connectivity index (χ0n) is 5.98. The van der Waals surface area contributed by atoms with Crippen LogP contribution < -0.4 is 0 Å². The summed E-state index contributed by atoms with van der Waals surface area (Å²) in [4.78, 5) is 0. The molecule has 0 unspecified atom stereocenters. The molecule has 0 aromatic rings. The Balaban J connectivity index is 2.82. The van der Waals surface area contributed by atoms with Crippen LogP contribution in [0.3, 0.4) is 0 Å². The van der Waals surface area contributed by atoms with Crippen molar-refractivity contribution in [2.24, 2.45) is 0 Å². The van der Waals surface area contributed by atoms with Crippen molar-refractivity contribution in [1.29, 1.82) is 0 Å². The summed E-state index contributed by atoms with van der Waals surface area (Å²) in [6.45, 7) is 7.09. The molecule has 48 valence electrons. The van der Waals surface area contributed by atoms with Gasteiger partial charge in [-0.05, 0) is 6.42 Å². The van der Waals surface area contributed by atoms with Crippen molar-refractivity contribution < 1.29 is 4.58 Å². The minimum atomic E-state index is 1.13. The molecule has 0 aliphatic heterocycles. The SMILES string of the molecule is C=[N+](C)CCCCC. The first kappa shape index (κ1) is 7.67. The normalized spacial score (nSPS) is 9.25. The molecule has 0 aliphatic carbocycles. The van der Waals surface area contributed by atoms with Crippen LogP contribution in [0.1, 0.15) is 26.2 Å². The van der Waals surface area contributed by atoms with Gasteiger partial charge >= 0.3 is 0 Å². The molecule has 0 atom stereocenters. The Morgan fingerprint density at radius 3 is 2.38 bits per heavy atom. The summed E-state index contributed by atoms with van der Waals surface area (Å²) in [6.07, 6.45) is 3.92. The molecule has 1 nitrogen and oxygen atoms in total. The van der Waals surface area contributed by atoms with Gasteiger partial charge in [0.25, 0.3) is 0 Å². The van der Waals surface area contributed by atoms with Gasteiger partial charge in [-0.15, -0.1) is 0 Å². The molecule has 0 rings (SSSR count). The van der Waals surface area contributed by atoms with Crippen LogP contribution in [-0.2, 0) is 0 Å². The summed E-state index contributed by atoms with van der Waals surface area (Å²) in [6, 6.07) is 0. The van der Waals surface area contributed by atoms with E-state index in [2.05, 4.69) is 13.6 Å². The second-order valence-electron chi connectivity index (χ2n) is 2.29. The van der Waals surface area contributed by atoms with Crippen molar-refractivity contribution in [1.82, 2.24) is 0 Å². The first-order valence-electron chi connectivity index (χ1n) is 3.29. The predicted octanol–water partition coefficient (Wildman–Crippen LogP) is 1.52. The lowest BCUT2D eigenvalue weighted by Gasteiger charge is -1.91. The van der Waals surface area contributed by atoms with Crippen LogP contribution in [0.5, 0.6) is 0 Å². The molecule has 0 saturated heterocycles. The highest BCUT2D eigenvalue weighted by atomic mass is 14.9. The zero-order chi connectivity index (χ0) is 6.41. The topological polar surface area (TPSA) is 3.01 Å². The molecule has 0 amide bonds. The van der Waals surface area contributed by atoms with E-state index < -0.39 is 0 Å². The summed E-state index contributed by atoms with van der Waals surface area (Å²) in [5.41, 5.74) is 0. The Hall–Kier alpha value is -0.330. The largest absolute Gasteiger partial charge is 0.245 e. The highest BCUT2D eigenvalue weighted by molar-refractivity contribution is 5.13. The van der Waals surface area contributed by atoms with Crippen LogP contribution in [0.2, 0.25) is 0 Å². The van der Waals surface area contributed by atoms with Crippen molar-refractivity contribution in [2.75, 3.05) is 13.6 Å². The van der Waals surface area contributed by atoms with E-state index in [-0.39, 0.29) is 0 Å². The third kappa shape index (κ3) is 5.67. The smallest absolute Gasteiger partial charge is 0.142 e. The van der Waals surface area contributed by atoms with Crippen LogP contribution in [-0.4, -0.2) is 24.9 Å². The Bertz CT molecular complexity index is 66.8. The molecule has 0 spiro atoms. The highest BCUT2D eigenvalue weighted by Gasteiger charge is 1.88. The molecule has 0 aromatic heterocycles. The van der Waals surface area contributed by atoms with Gasteiger partial charge in [-0.25, -0.2) is 4.58 Å². The Morgan fingerprint density at radius 1 is 1.38 bits per heavy atom. The Labute approximate surface area is 52.0 Å². The summed E-state index contributed by atoms with van der Waals surface area (Å²) in [7, 11) is 2.01. The average Bonchev–Trinajstić information content (AvgIpc) is 1.66. The number of rotatable bonds is 4. The molecular weight excluding hydrogens is 98.1 g/mol. The second kappa shape index (κ2) is 4.82. The van der Waals surface area contributed by atoms with Gasteiger partial charge in [-0.1, -0.05) is 13.3 Å². The maximum absolute atomic E-state index is 3.74. The van der Waals surface area contributed by atoms with Crippen molar-refractivity contribution in [3.63, 3.8) is 0 Å². The fourth-order valence-corrected chi connectivity index (χ4v) is 0.632. The van der Waals surface area contributed by atoms with Crippen LogP contribution in [0.25, 0.3) is 0 Å². The quantitative estimate of drug-likeness (QED) is 0.296. The van der Waals surface area contributed by atoms with Crippen LogP contribution in [0, 0.1) is 0 Å². The van der Waals surface area contributed by atoms with Crippen LogP contribution >= 0.6 is 0 Å². The van der Waals surface area contributed by atoms with E-state index in [1.807, 2.05) is 11.6 Å². The molecule has 0 fully saturated rings. The maximum Gasteiger partial charge on any atom is 0.142 e. The van der Waals surface area contributed by atoms with Gasteiger partial charge in [0.2, 0.25) is 0 Å². The number of unbranched alkanes of at least 4 members (excludes halogenated alkanes) is 2. The Kier molecular flexibility index (Phi) is 4.62. The van der Waals surface area contributed by atoms with Gasteiger partial charge in [0.05, 0.1) is 0 Å². The van der Waals surface area contributed by atoms with Crippen molar-refractivity contribution >= 4 is 6.72 Å². The van der Waals surface area contributed by atoms with E-state index >= 15 is 0 Å². The minimum absolute atomic E-state index is 1.13. The third-order valence-electron chi connectivity index (χ3n) is 1.14. The van der Waals surface area contributed by atoms with E-state index in [1.54, 1.807) is 0 Å². The summed E-state index contributed by atoms with van der Waals surface area (Å²) >= 11 is 0. The summed E-state index contributed by atoms with van der Waals surface area (Å²) in [5, 5.41) is 0. The van der Waals surface area contributed by atoms with Crippen LogP contribution in [0.4, 0.5) is 0 Å². The van der Waals surface area contributed by atoms with E-state index in [9.17, 15) is 0 Å². The van der Waals surface area contributed by atoms with Crippen molar-refractivity contribution in [2.45, 2.75) is 26.2 Å². The summed E-state index contributed by atoms with van der Waals surface area (Å²) in [5.74, 6) is 0. The molecule has 0 N–H and O–H groups in total. The van der Waals surface area contributed by atoms with Gasteiger partial charge < -0.3 is 0 Å². The van der Waals surface area contributed by atoms with Gasteiger partial charge in [-0.3, -0.25) is 0 Å². The van der Waals surface area contributed by atoms with E-state index in [0.717, 1.165) is 6.54 Å². The third-order valence-corrected chi connectivity index (χ3v) is 1.14. The molecular formula is C7H16N+. The second-order valence-corrected chi connectivity index (χ2v) is 2.29. The lowest BCUT2D eigenvalue weighted by atomic mass is 10.2. The lowest BCUT2D eigenvalue weighted by Crippen LogP contribution is -2.03. The monoisotopic (exact) mass is 114 g/mol. The van der Waals surface area contributed by atoms with Crippen molar-refractivity contribution in [3.8, 4) is 0 Å². The van der Waals surface area contributed by atoms with Gasteiger partial charge in [-0.2, -0.15) is 0 Å². The molecule has 0 heterocycles. The summed E-state index contributed by atoms with van der Waals surface area (Å²) < 4.78 is 1.98. The number of hydrogen-bond acceptors (Lipinski definition) is 0. The molecule has 0 saturated carbocycles. The minimum Gasteiger partial charge on any atom is -0.245 e. The maximum atomic E-state index is 3.74.